The molecule has 0 saturated carbocycles. The number of fused-ring (bicyclic) bond motifs is 2. The first-order chi connectivity index (χ1) is 47.3. The van der Waals surface area contributed by atoms with Gasteiger partial charge in [0.15, 0.2) is 6.61 Å². The lowest BCUT2D eigenvalue weighted by atomic mass is 9.47. The van der Waals surface area contributed by atoms with Gasteiger partial charge in [0.2, 0.25) is 12.4 Å². The molecule has 3 heterocycles. The number of likely N-dealkylation sites (N-methyl/N-ethyl adjacent to an activating group) is 1. The third-order valence-electron chi connectivity index (χ3n) is 31.1. The second-order valence-electron chi connectivity index (χ2n) is 33.1. The zero-order valence-electron chi connectivity index (χ0n) is 50.9. The molecule has 5 heteroatoms. The first kappa shape index (κ1) is 41.6. The van der Waals surface area contributed by atoms with Crippen LogP contribution in [-0.2, 0) is 10.8 Å². The first-order valence-corrected chi connectivity index (χ1v) is 36.8. The summed E-state index contributed by atoms with van der Waals surface area (Å²) in [5.41, 5.74) is 10.6. The lowest BCUT2D eigenvalue weighted by Crippen LogP contribution is -2.52. The van der Waals surface area contributed by atoms with Crippen LogP contribution in [0.5, 0.6) is 0 Å². The molecule has 1 unspecified atom stereocenters. The number of nitrogens with zero attached hydrogens (tertiary/aromatic N) is 3. The van der Waals surface area contributed by atoms with Crippen LogP contribution in [-0.4, -0.2) is 31.6 Å². The topological polar surface area (TPSA) is 19.6 Å². The fraction of sp³-hybridized carbons (Fsp3) is 0.167. The molecule has 1 fully saturated rings. The number of aromatic nitrogens is 1. The second-order valence-corrected chi connectivity index (χ2v) is 34.2. The fourth-order valence-corrected chi connectivity index (χ4v) is 31.0. The van der Waals surface area contributed by atoms with E-state index in [9.17, 15) is 0 Å². The molecule has 4 aliphatic carbocycles. The molecule has 0 amide bonds. The average Bonchev–Trinajstić information content (AvgIpc) is 1.38. The highest BCUT2D eigenvalue weighted by molar-refractivity contribution is 7.99. The standard InChI is InChI=1S/C90H38N3OS/c1-91-24-89-84-76-68-58-48-40-32-30-31-34-38-36(32)44-52-46(38)56-50-42(34)43-35(31)39-37-33(30)41(40)49-55-45(37)53-47(39)57-51(43)61-60(50)72-66(56)74-64(52)70(62(68)54(44)48)78(84)80(74)86-82(72)83-73(61)67(57)75-65(53)71-63(55)69(59(49)58)77(76)85(89)79(71)81(75)87(83)90(86,89)88(91)25-18-21-92(22-19-25)94-23-13-7-5-3-2-4-6-12-20-93-26-14-8-10-16-28(26)95-29-17-11-9-15-27(29)93/h8-11,14-19,21-22,88H,2-7,12-13,20,23-24H2,1H3/q+1. The number of unbranched alkanes of at least 4 members (excludes halogenated alkanes) is 7. The predicted octanol–water partition coefficient (Wildman–Crippen LogP) is 23.1. The van der Waals surface area contributed by atoms with Crippen LogP contribution in [0, 0.1) is 0 Å². The van der Waals surface area contributed by atoms with Gasteiger partial charge in [0, 0.05) is 39.7 Å². The number of hydrogen-bond acceptors (Lipinski definition) is 4. The van der Waals surface area contributed by atoms with Gasteiger partial charge in [0.25, 0.3) is 0 Å². The monoisotopic (exact) mass is 1210 g/mol. The van der Waals surface area contributed by atoms with Crippen LogP contribution >= 0.6 is 11.8 Å². The number of rotatable bonds is 13. The van der Waals surface area contributed by atoms with Crippen LogP contribution in [0.3, 0.4) is 0 Å². The molecule has 1 atom stereocenters. The summed E-state index contributed by atoms with van der Waals surface area (Å²) in [5.74, 6) is 0. The number of para-hydroxylation sites is 2. The molecule has 30 aromatic carbocycles. The largest absolute Gasteiger partial charge is 0.340 e. The molecule has 37 rings (SSSR count). The molecular weight excluding hydrogens is 1170 g/mol. The van der Waals surface area contributed by atoms with E-state index < -0.39 is 0 Å². The molecule has 0 N–H and O–H groups in total. The van der Waals surface area contributed by atoms with E-state index in [0.29, 0.717) is 0 Å². The van der Waals surface area contributed by atoms with Gasteiger partial charge in [-0.1, -0.05) is 68.1 Å². The van der Waals surface area contributed by atoms with Gasteiger partial charge in [-0.2, -0.15) is 0 Å². The minimum absolute atomic E-state index is 0.102. The molecule has 0 bridgehead atoms. The van der Waals surface area contributed by atoms with Crippen molar-refractivity contribution in [3.63, 3.8) is 0 Å². The minimum atomic E-state index is -0.370. The Morgan fingerprint density at radius 3 is 0.937 bits per heavy atom. The fourth-order valence-electron chi connectivity index (χ4n) is 29.9. The highest BCUT2D eigenvalue weighted by Crippen LogP contribution is 2.87. The quantitative estimate of drug-likeness (QED) is 0.0651. The van der Waals surface area contributed by atoms with E-state index in [0.717, 1.165) is 26.1 Å². The first-order valence-electron chi connectivity index (χ1n) is 36.0. The minimum Gasteiger partial charge on any atom is -0.340 e. The van der Waals surface area contributed by atoms with Gasteiger partial charge in [0.1, 0.15) is 0 Å². The Balaban J connectivity index is 0.596. The SMILES string of the molecule is CN1CC23c4c5c6c7c8c9c(c%10c%11c2c2c4c4c%12c5c5c6c6c8c8c%13c9c9c%10c%10c%11c%11c2c2c4c4c%12c%12c5c5c6c8c6c8c%13c9c9c%10c%10c%11c2c2c4c4c%12c5c6c5c8c9c%10c2c45)C73C1c1cc[n+](OCCCCCCCCCCN2c3ccccc3Sc3ccccc32)cc1. The van der Waals surface area contributed by atoms with Gasteiger partial charge in [-0.25, -0.2) is 0 Å². The zero-order chi connectivity index (χ0) is 58.4. The highest BCUT2D eigenvalue weighted by atomic mass is 32.2. The maximum atomic E-state index is 6.76. The number of hydrogen-bond donors (Lipinski definition) is 0. The van der Waals surface area contributed by atoms with Crippen molar-refractivity contribution in [1.82, 2.24) is 4.90 Å². The summed E-state index contributed by atoms with van der Waals surface area (Å²) in [6.45, 7) is 2.83. The predicted molar refractivity (Wildman–Crippen MR) is 398 cm³/mol. The maximum Gasteiger partial charge on any atom is 0.222 e. The zero-order valence-corrected chi connectivity index (χ0v) is 51.8. The van der Waals surface area contributed by atoms with Crippen LogP contribution in [0.1, 0.15) is 85.2 Å². The van der Waals surface area contributed by atoms with Gasteiger partial charge in [0.05, 0.1) is 28.2 Å². The molecule has 95 heavy (non-hydrogen) atoms. The van der Waals surface area contributed by atoms with E-state index >= 15 is 0 Å². The van der Waals surface area contributed by atoms with Gasteiger partial charge < -0.3 is 4.90 Å². The Labute approximate surface area is 535 Å². The third-order valence-corrected chi connectivity index (χ3v) is 32.2. The van der Waals surface area contributed by atoms with Crippen molar-refractivity contribution in [2.75, 3.05) is 31.6 Å². The summed E-state index contributed by atoms with van der Waals surface area (Å²) in [4.78, 5) is 15.0. The van der Waals surface area contributed by atoms with Crippen molar-refractivity contribution >= 4 is 314 Å². The van der Waals surface area contributed by atoms with Crippen LogP contribution in [0.15, 0.2) is 82.8 Å². The summed E-state index contributed by atoms with van der Waals surface area (Å²) in [6.07, 6.45) is 14.6. The van der Waals surface area contributed by atoms with Crippen molar-refractivity contribution in [2.45, 2.75) is 78.0 Å². The van der Waals surface area contributed by atoms with Crippen LogP contribution < -0.4 is 14.5 Å². The summed E-state index contributed by atoms with van der Waals surface area (Å²) >= 11 is 1.91. The molecule has 0 radical (unpaired) electrons. The number of benzene rings is 20. The number of likely N-dealkylation sites (tertiary alicyclic amines) is 1. The maximum absolute atomic E-state index is 6.76. The lowest BCUT2D eigenvalue weighted by Gasteiger charge is -2.52. The molecule has 2 spiro atoms. The molecule has 1 saturated heterocycles. The normalized spacial score (nSPS) is 21.1. The lowest BCUT2D eigenvalue weighted by molar-refractivity contribution is -0.891. The molecule has 4 nitrogen and oxygen atoms in total. The summed E-state index contributed by atoms with van der Waals surface area (Å²) in [5, 5.41) is 90.0. The molecular formula is C90H38N3OS+. The number of anilines is 2. The highest BCUT2D eigenvalue weighted by Gasteiger charge is 2.76. The van der Waals surface area contributed by atoms with E-state index in [1.165, 1.54) is 71.7 Å². The van der Waals surface area contributed by atoms with Crippen molar-refractivity contribution in [1.29, 1.82) is 0 Å². The van der Waals surface area contributed by atoms with Crippen molar-refractivity contribution in [3.8, 4) is 0 Å². The van der Waals surface area contributed by atoms with E-state index in [2.05, 4.69) is 94.6 Å². The van der Waals surface area contributed by atoms with E-state index in [4.69, 9.17) is 4.84 Å². The Morgan fingerprint density at radius 1 is 0.337 bits per heavy atom. The summed E-state index contributed by atoms with van der Waals surface area (Å²) < 4.78 is 2.07. The number of pyridine rings is 1. The Morgan fingerprint density at radius 2 is 0.611 bits per heavy atom. The molecule has 1 aromatic heterocycles. The molecule has 2 aliphatic heterocycles. The van der Waals surface area contributed by atoms with Crippen LogP contribution in [0.4, 0.5) is 11.4 Å². The summed E-state index contributed by atoms with van der Waals surface area (Å²) in [7, 11) is 2.58. The van der Waals surface area contributed by atoms with Crippen molar-refractivity contribution < 1.29 is 9.57 Å². The average molecular weight is 1210 g/mol. The Hall–Kier alpha value is -10.0. The van der Waals surface area contributed by atoms with E-state index in [1.54, 1.807) is 313 Å². The smallest absolute Gasteiger partial charge is 0.222 e. The molecule has 6 aliphatic rings. The van der Waals surface area contributed by atoms with Gasteiger partial charge in [-0.15, -0.1) is 0 Å². The van der Waals surface area contributed by atoms with Crippen molar-refractivity contribution in [3.05, 3.63) is 101 Å². The molecule has 31 aromatic rings. The van der Waals surface area contributed by atoms with E-state index in [1.807, 2.05) is 11.8 Å². The van der Waals surface area contributed by atoms with Crippen LogP contribution in [0.2, 0.25) is 0 Å². The Bertz CT molecular complexity index is 8390. The van der Waals surface area contributed by atoms with Gasteiger partial charge >= 0.3 is 0 Å². The van der Waals surface area contributed by atoms with Crippen LogP contribution in [0.25, 0.3) is 291 Å². The summed E-state index contributed by atoms with van der Waals surface area (Å²) in [6, 6.07) is 23.1. The second kappa shape index (κ2) is 11.1. The molecule has 424 valence electrons. The third kappa shape index (κ3) is 2.91. The van der Waals surface area contributed by atoms with Crippen molar-refractivity contribution in [2.24, 2.45) is 0 Å². The van der Waals surface area contributed by atoms with E-state index in [-0.39, 0.29) is 16.9 Å². The van der Waals surface area contributed by atoms with Gasteiger partial charge in [-0.05, 0) is 369 Å². The van der Waals surface area contributed by atoms with Gasteiger partial charge in [-0.3, -0.25) is 9.74 Å². The Kier molecular flexibility index (Phi) is 4.87.